The number of rotatable bonds is 5. The number of hydrogen-bond donors (Lipinski definition) is 1. The van der Waals surface area contributed by atoms with Crippen LogP contribution in [0.3, 0.4) is 0 Å². The summed E-state index contributed by atoms with van der Waals surface area (Å²) in [4.78, 5) is 17.4. The molecule has 10 heteroatoms. The highest BCUT2D eigenvalue weighted by atomic mass is 32.2. The zero-order valence-electron chi connectivity index (χ0n) is 15.7. The van der Waals surface area contributed by atoms with E-state index in [2.05, 4.69) is 9.71 Å². The third-order valence-electron chi connectivity index (χ3n) is 5.22. The lowest BCUT2D eigenvalue weighted by atomic mass is 9.96. The highest BCUT2D eigenvalue weighted by molar-refractivity contribution is 7.89. The van der Waals surface area contributed by atoms with Crippen LogP contribution in [0.1, 0.15) is 24.7 Å². The first-order valence-corrected chi connectivity index (χ1v) is 10.7. The Morgan fingerprint density at radius 2 is 1.93 bits per heavy atom. The Kier molecular flexibility index (Phi) is 4.97. The van der Waals surface area contributed by atoms with Crippen LogP contribution in [0.25, 0.3) is 11.1 Å². The first-order chi connectivity index (χ1) is 13.9. The van der Waals surface area contributed by atoms with Gasteiger partial charge < -0.3 is 9.32 Å². The molecule has 1 fully saturated rings. The smallest absolute Gasteiger partial charge is 0.293 e. The first kappa shape index (κ1) is 19.3. The topological polar surface area (TPSA) is 119 Å². The Bertz CT molecular complexity index is 1130. The van der Waals surface area contributed by atoms with Gasteiger partial charge in [0.25, 0.3) is 5.69 Å². The van der Waals surface area contributed by atoms with Crippen molar-refractivity contribution in [3.8, 4) is 0 Å². The van der Waals surface area contributed by atoms with E-state index >= 15 is 0 Å². The van der Waals surface area contributed by atoms with Crippen molar-refractivity contribution in [3.63, 3.8) is 0 Å². The van der Waals surface area contributed by atoms with Crippen LogP contribution < -0.4 is 9.62 Å². The number of oxazole rings is 1. The minimum Gasteiger partial charge on any atom is -0.440 e. The largest absolute Gasteiger partial charge is 0.440 e. The molecule has 1 aliphatic heterocycles. The molecule has 1 aromatic heterocycles. The van der Waals surface area contributed by atoms with Gasteiger partial charge in [-0.05, 0) is 44.2 Å². The molecule has 0 bridgehead atoms. The summed E-state index contributed by atoms with van der Waals surface area (Å²) in [6.07, 6.45) is 1.47. The van der Waals surface area contributed by atoms with E-state index in [1.165, 1.54) is 19.2 Å². The third-order valence-corrected chi connectivity index (χ3v) is 6.63. The van der Waals surface area contributed by atoms with E-state index in [1.54, 1.807) is 0 Å². The predicted molar refractivity (Wildman–Crippen MR) is 108 cm³/mol. The van der Waals surface area contributed by atoms with Crippen molar-refractivity contribution in [1.29, 1.82) is 0 Å². The maximum atomic E-state index is 12.0. The van der Waals surface area contributed by atoms with E-state index < -0.39 is 14.9 Å². The zero-order chi connectivity index (χ0) is 20.6. The second-order valence-electron chi connectivity index (χ2n) is 6.90. The lowest BCUT2D eigenvalue weighted by Crippen LogP contribution is -2.33. The quantitative estimate of drug-likeness (QED) is 0.501. The second kappa shape index (κ2) is 7.45. The van der Waals surface area contributed by atoms with Gasteiger partial charge in [0.1, 0.15) is 11.2 Å². The summed E-state index contributed by atoms with van der Waals surface area (Å²) in [5.74, 6) is 0.831. The summed E-state index contributed by atoms with van der Waals surface area (Å²) in [5.41, 5.74) is 1.77. The number of hydrogen-bond acceptors (Lipinski definition) is 7. The Balaban J connectivity index is 1.55. The van der Waals surface area contributed by atoms with Gasteiger partial charge in [-0.3, -0.25) is 10.1 Å². The zero-order valence-corrected chi connectivity index (χ0v) is 16.6. The summed E-state index contributed by atoms with van der Waals surface area (Å²) < 4.78 is 32.0. The van der Waals surface area contributed by atoms with E-state index in [0.717, 1.165) is 30.0 Å². The number of nitro groups is 1. The van der Waals surface area contributed by atoms with E-state index in [4.69, 9.17) is 4.42 Å². The minimum atomic E-state index is -3.75. The number of para-hydroxylation sites is 2. The first-order valence-electron chi connectivity index (χ1n) is 9.21. The summed E-state index contributed by atoms with van der Waals surface area (Å²) in [6.45, 7) is 1.17. The van der Waals surface area contributed by atoms with Crippen LogP contribution in [0.2, 0.25) is 0 Å². The van der Waals surface area contributed by atoms with E-state index in [9.17, 15) is 18.5 Å². The molecular formula is C19H20N4O5S. The second-order valence-corrected chi connectivity index (χ2v) is 8.78. The Morgan fingerprint density at radius 1 is 1.21 bits per heavy atom. The SMILES string of the molecule is CNS(=O)(=O)c1ccc(N2CCC(c3nc4ccccc4o3)CC2)c([N+](=O)[O-])c1. The average Bonchev–Trinajstić information content (AvgIpc) is 3.17. The number of sulfonamides is 1. The normalized spacial score (nSPS) is 15.7. The molecule has 1 aliphatic rings. The molecule has 1 saturated heterocycles. The molecule has 2 aromatic carbocycles. The lowest BCUT2D eigenvalue weighted by molar-refractivity contribution is -0.384. The molecule has 0 unspecified atom stereocenters. The number of aromatic nitrogens is 1. The molecule has 4 rings (SSSR count). The van der Waals surface area contributed by atoms with Gasteiger partial charge in [-0.15, -0.1) is 0 Å². The highest BCUT2D eigenvalue weighted by Gasteiger charge is 2.29. The molecule has 1 N–H and O–H groups in total. The van der Waals surface area contributed by atoms with Gasteiger partial charge in [-0.25, -0.2) is 18.1 Å². The number of benzene rings is 2. The van der Waals surface area contributed by atoms with Crippen LogP contribution in [0.4, 0.5) is 11.4 Å². The molecular weight excluding hydrogens is 396 g/mol. The van der Waals surface area contributed by atoms with Crippen molar-refractivity contribution < 1.29 is 17.8 Å². The molecule has 0 spiro atoms. The summed E-state index contributed by atoms with van der Waals surface area (Å²) in [7, 11) is -2.48. The van der Waals surface area contributed by atoms with Gasteiger partial charge in [0.2, 0.25) is 10.0 Å². The lowest BCUT2D eigenvalue weighted by Gasteiger charge is -2.32. The molecule has 2 heterocycles. The fourth-order valence-corrected chi connectivity index (χ4v) is 4.38. The van der Waals surface area contributed by atoms with Crippen LogP contribution in [-0.4, -0.2) is 38.5 Å². The molecule has 0 saturated carbocycles. The molecule has 0 amide bonds. The van der Waals surface area contributed by atoms with Gasteiger partial charge >= 0.3 is 0 Å². The maximum Gasteiger partial charge on any atom is 0.293 e. The van der Waals surface area contributed by atoms with Crippen LogP contribution in [0, 0.1) is 10.1 Å². The number of nitrogens with zero attached hydrogens (tertiary/aromatic N) is 3. The van der Waals surface area contributed by atoms with Crippen LogP contribution >= 0.6 is 0 Å². The summed E-state index contributed by atoms with van der Waals surface area (Å²) in [6, 6.07) is 11.6. The Labute approximate surface area is 167 Å². The summed E-state index contributed by atoms with van der Waals surface area (Å²) >= 11 is 0. The molecule has 0 radical (unpaired) electrons. The monoisotopic (exact) mass is 416 g/mol. The number of nitro benzene ring substituents is 1. The maximum absolute atomic E-state index is 12.0. The van der Waals surface area contributed by atoms with Crippen LogP contribution in [0.15, 0.2) is 51.8 Å². The molecule has 0 atom stereocenters. The van der Waals surface area contributed by atoms with Crippen LogP contribution in [-0.2, 0) is 10.0 Å². The van der Waals surface area contributed by atoms with Gasteiger partial charge in [-0.1, -0.05) is 12.1 Å². The number of fused-ring (bicyclic) bond motifs is 1. The number of nitrogens with one attached hydrogen (secondary N) is 1. The van der Waals surface area contributed by atoms with Crippen molar-refractivity contribution in [2.24, 2.45) is 0 Å². The summed E-state index contributed by atoms with van der Waals surface area (Å²) in [5, 5.41) is 11.6. The minimum absolute atomic E-state index is 0.128. The standard InChI is InChI=1S/C19H20N4O5S/c1-20-29(26,27)14-6-7-16(17(12-14)23(24)25)22-10-8-13(9-11-22)19-21-15-4-2-3-5-18(15)28-19/h2-7,12-13,20H,8-11H2,1H3. The van der Waals surface area contributed by atoms with Crippen LogP contribution in [0.5, 0.6) is 0 Å². The number of anilines is 1. The fourth-order valence-electron chi connectivity index (χ4n) is 3.63. The molecule has 9 nitrogen and oxygen atoms in total. The third kappa shape index (κ3) is 3.68. The Hall–Kier alpha value is -2.98. The highest BCUT2D eigenvalue weighted by Crippen LogP contribution is 2.36. The van der Waals surface area contributed by atoms with Gasteiger partial charge in [-0.2, -0.15) is 0 Å². The number of piperidine rings is 1. The Morgan fingerprint density at radius 3 is 2.59 bits per heavy atom. The molecule has 152 valence electrons. The molecule has 29 heavy (non-hydrogen) atoms. The van der Waals surface area contributed by atoms with Crippen molar-refractivity contribution in [3.05, 3.63) is 58.5 Å². The van der Waals surface area contributed by atoms with E-state index in [-0.39, 0.29) is 16.5 Å². The van der Waals surface area contributed by atoms with E-state index in [1.807, 2.05) is 29.2 Å². The van der Waals surface area contributed by atoms with Gasteiger partial charge in [0.05, 0.1) is 9.82 Å². The average molecular weight is 416 g/mol. The predicted octanol–water partition coefficient (Wildman–Crippen LogP) is 3.03. The van der Waals surface area contributed by atoms with Gasteiger partial charge in [0, 0.05) is 25.1 Å². The molecule has 0 aliphatic carbocycles. The molecule has 3 aromatic rings. The van der Waals surface area contributed by atoms with Crippen molar-refractivity contribution in [1.82, 2.24) is 9.71 Å². The van der Waals surface area contributed by atoms with Crippen molar-refractivity contribution in [2.75, 3.05) is 25.0 Å². The fraction of sp³-hybridized carbons (Fsp3) is 0.316. The van der Waals surface area contributed by atoms with Crippen molar-refractivity contribution in [2.45, 2.75) is 23.7 Å². The van der Waals surface area contributed by atoms with Crippen molar-refractivity contribution >= 4 is 32.5 Å². The van der Waals surface area contributed by atoms with Gasteiger partial charge in [0.15, 0.2) is 11.5 Å². The van der Waals surface area contributed by atoms with E-state index in [0.29, 0.717) is 24.7 Å².